The highest BCUT2D eigenvalue weighted by atomic mass is 16.5. The second-order valence-electron chi connectivity index (χ2n) is 7.85. The molecule has 2 unspecified atom stereocenters. The van der Waals surface area contributed by atoms with Crippen molar-refractivity contribution in [3.8, 4) is 0 Å². The first kappa shape index (κ1) is 20.8. The van der Waals surface area contributed by atoms with Gasteiger partial charge in [-0.05, 0) is 60.0 Å². The first-order valence-electron chi connectivity index (χ1n) is 8.51. The summed E-state index contributed by atoms with van der Waals surface area (Å²) in [4.78, 5) is 12.0. The maximum Gasteiger partial charge on any atom is 0.158 e. The third kappa shape index (κ3) is 6.34. The van der Waals surface area contributed by atoms with Gasteiger partial charge in [-0.25, -0.2) is 0 Å². The Morgan fingerprint density at radius 1 is 1.38 bits per heavy atom. The maximum atomic E-state index is 12.0. The van der Waals surface area contributed by atoms with Crippen LogP contribution in [0.25, 0.3) is 0 Å². The number of ether oxygens (including phenoxy) is 1. The monoisotopic (exact) mass is 336 g/mol. The van der Waals surface area contributed by atoms with Crippen molar-refractivity contribution in [2.24, 2.45) is 0 Å². The quantitative estimate of drug-likeness (QED) is 0.526. The summed E-state index contributed by atoms with van der Waals surface area (Å²) >= 11 is 0. The minimum atomic E-state index is -1.19. The Morgan fingerprint density at radius 2 is 2.00 bits per heavy atom. The van der Waals surface area contributed by atoms with Gasteiger partial charge in [0.05, 0.1) is 22.9 Å². The molecule has 4 heteroatoms. The van der Waals surface area contributed by atoms with E-state index in [0.717, 1.165) is 12.0 Å². The van der Waals surface area contributed by atoms with Crippen LogP contribution < -0.4 is 0 Å². The molecule has 4 atom stereocenters. The van der Waals surface area contributed by atoms with Gasteiger partial charge < -0.3 is 14.9 Å². The van der Waals surface area contributed by atoms with Crippen molar-refractivity contribution in [2.45, 2.75) is 83.2 Å². The van der Waals surface area contributed by atoms with Crippen molar-refractivity contribution >= 4 is 5.78 Å². The summed E-state index contributed by atoms with van der Waals surface area (Å²) in [5.41, 5.74) is -1.70. The van der Waals surface area contributed by atoms with Crippen molar-refractivity contribution < 1.29 is 19.7 Å². The third-order valence-corrected chi connectivity index (χ3v) is 4.43. The fourth-order valence-corrected chi connectivity index (χ4v) is 2.89. The zero-order valence-corrected chi connectivity index (χ0v) is 15.6. The van der Waals surface area contributed by atoms with E-state index in [1.807, 2.05) is 32.9 Å². The Bertz CT molecular complexity index is 524. The van der Waals surface area contributed by atoms with E-state index in [4.69, 9.17) is 4.74 Å². The average Bonchev–Trinajstić information content (AvgIpc) is 2.80. The highest BCUT2D eigenvalue weighted by molar-refractivity contribution is 5.90. The van der Waals surface area contributed by atoms with E-state index in [-0.39, 0.29) is 18.3 Å². The number of allylic oxidation sites excluding steroid dienone is 2. The van der Waals surface area contributed by atoms with E-state index in [1.165, 1.54) is 6.08 Å². The van der Waals surface area contributed by atoms with Crippen LogP contribution in [0.4, 0.5) is 0 Å². The second kappa shape index (κ2) is 7.77. The van der Waals surface area contributed by atoms with Crippen LogP contribution in [0, 0.1) is 0 Å². The lowest BCUT2D eigenvalue weighted by molar-refractivity contribution is -0.134. The van der Waals surface area contributed by atoms with Crippen LogP contribution in [-0.4, -0.2) is 38.9 Å². The molecule has 24 heavy (non-hydrogen) atoms. The van der Waals surface area contributed by atoms with Gasteiger partial charge in [0.2, 0.25) is 0 Å². The number of aliphatic hydroxyl groups is 2. The Kier molecular flexibility index (Phi) is 6.74. The van der Waals surface area contributed by atoms with E-state index in [2.05, 4.69) is 6.58 Å². The van der Waals surface area contributed by atoms with Crippen molar-refractivity contribution in [3.63, 3.8) is 0 Å². The molecular weight excluding hydrogens is 304 g/mol. The topological polar surface area (TPSA) is 66.8 Å². The molecule has 0 aliphatic carbocycles. The molecule has 0 aromatic heterocycles. The van der Waals surface area contributed by atoms with Crippen LogP contribution in [-0.2, 0) is 9.53 Å². The fraction of sp³-hybridized carbons (Fsp3) is 0.650. The normalized spacial score (nSPS) is 29.0. The summed E-state index contributed by atoms with van der Waals surface area (Å²) in [6.07, 6.45) is 8.44. The molecule has 2 N–H and O–H groups in total. The number of carbonyl (C=O) groups is 1. The van der Waals surface area contributed by atoms with Gasteiger partial charge in [0.25, 0.3) is 0 Å². The number of ketones is 1. The summed E-state index contributed by atoms with van der Waals surface area (Å²) < 4.78 is 6.05. The minimum Gasteiger partial charge on any atom is -0.387 e. The van der Waals surface area contributed by atoms with E-state index in [0.29, 0.717) is 12.8 Å². The van der Waals surface area contributed by atoms with Crippen LogP contribution in [0.3, 0.4) is 0 Å². The predicted molar refractivity (Wildman–Crippen MR) is 96.8 cm³/mol. The third-order valence-electron chi connectivity index (χ3n) is 4.43. The van der Waals surface area contributed by atoms with Crippen LogP contribution in [0.5, 0.6) is 0 Å². The Balaban J connectivity index is 2.69. The summed E-state index contributed by atoms with van der Waals surface area (Å²) in [6, 6.07) is 0. The summed E-state index contributed by atoms with van der Waals surface area (Å²) in [5, 5.41) is 20.6. The second-order valence-corrected chi connectivity index (χ2v) is 7.85. The molecular formula is C20H32O4. The molecule has 1 aliphatic rings. The molecule has 0 aromatic rings. The Morgan fingerprint density at radius 3 is 2.54 bits per heavy atom. The smallest absolute Gasteiger partial charge is 0.158 e. The molecule has 0 amide bonds. The zero-order chi connectivity index (χ0) is 18.6. The Labute approximate surface area is 145 Å². The number of carbonyl (C=O) groups excluding carboxylic acids is 1. The first-order valence-corrected chi connectivity index (χ1v) is 8.51. The van der Waals surface area contributed by atoms with Crippen LogP contribution >= 0.6 is 0 Å². The Hall–Kier alpha value is -1.23. The molecule has 1 aliphatic heterocycles. The van der Waals surface area contributed by atoms with Gasteiger partial charge in [0.1, 0.15) is 0 Å². The lowest BCUT2D eigenvalue weighted by Crippen LogP contribution is -2.42. The standard InChI is InChI=1S/C20H32O4/c1-7-18(4,22)10-8-11-19(5)12-9-17(24-19)20(6,23)14-16(21)13-15(2)3/h7-8,11,13,17,22-23H,1,9-10,12,14H2,2-6H3/b11-8+/t17-,18?,19-,20?/m0/s1. The molecule has 1 fully saturated rings. The molecule has 0 aromatic carbocycles. The van der Waals surface area contributed by atoms with Crippen LogP contribution in [0.2, 0.25) is 0 Å². The first-order chi connectivity index (χ1) is 10.9. The molecule has 4 nitrogen and oxygen atoms in total. The van der Waals surface area contributed by atoms with Gasteiger partial charge in [0, 0.05) is 6.42 Å². The molecule has 1 saturated heterocycles. The summed E-state index contributed by atoms with van der Waals surface area (Å²) in [7, 11) is 0. The van der Waals surface area contributed by atoms with E-state index < -0.39 is 16.8 Å². The molecule has 1 heterocycles. The predicted octanol–water partition coefficient (Wildman–Crippen LogP) is 3.48. The van der Waals surface area contributed by atoms with E-state index in [1.54, 1.807) is 19.9 Å². The van der Waals surface area contributed by atoms with Crippen molar-refractivity contribution in [1.82, 2.24) is 0 Å². The van der Waals surface area contributed by atoms with Crippen LogP contribution in [0.15, 0.2) is 36.5 Å². The lowest BCUT2D eigenvalue weighted by Gasteiger charge is -2.31. The highest BCUT2D eigenvalue weighted by Crippen LogP contribution is 2.37. The van der Waals surface area contributed by atoms with Crippen molar-refractivity contribution in [2.75, 3.05) is 0 Å². The van der Waals surface area contributed by atoms with Gasteiger partial charge in [0.15, 0.2) is 5.78 Å². The average molecular weight is 336 g/mol. The molecule has 0 bridgehead atoms. The van der Waals surface area contributed by atoms with Crippen molar-refractivity contribution in [1.29, 1.82) is 0 Å². The lowest BCUT2D eigenvalue weighted by atomic mass is 9.90. The zero-order valence-electron chi connectivity index (χ0n) is 15.6. The van der Waals surface area contributed by atoms with Crippen LogP contribution in [0.1, 0.15) is 60.3 Å². The van der Waals surface area contributed by atoms with E-state index >= 15 is 0 Å². The number of hydrogen-bond donors (Lipinski definition) is 2. The van der Waals surface area contributed by atoms with Gasteiger partial charge in [-0.15, -0.1) is 6.58 Å². The SMILES string of the molecule is C=CC(C)(O)C/C=C/[C@@]1(C)CC[C@@H](C(C)(O)CC(=O)C=C(C)C)O1. The summed E-state index contributed by atoms with van der Waals surface area (Å²) in [5.74, 6) is -0.0882. The van der Waals surface area contributed by atoms with Crippen molar-refractivity contribution in [3.05, 3.63) is 36.5 Å². The number of hydrogen-bond acceptors (Lipinski definition) is 4. The summed E-state index contributed by atoms with van der Waals surface area (Å²) in [6.45, 7) is 12.6. The van der Waals surface area contributed by atoms with Gasteiger partial charge >= 0.3 is 0 Å². The van der Waals surface area contributed by atoms with Gasteiger partial charge in [-0.2, -0.15) is 0 Å². The maximum absolute atomic E-state index is 12.0. The van der Waals surface area contributed by atoms with Gasteiger partial charge in [-0.3, -0.25) is 4.79 Å². The highest BCUT2D eigenvalue weighted by Gasteiger charge is 2.44. The fourth-order valence-electron chi connectivity index (χ4n) is 2.89. The largest absolute Gasteiger partial charge is 0.387 e. The molecule has 0 saturated carbocycles. The van der Waals surface area contributed by atoms with Gasteiger partial charge in [-0.1, -0.05) is 23.8 Å². The minimum absolute atomic E-state index is 0.0494. The van der Waals surface area contributed by atoms with E-state index in [9.17, 15) is 15.0 Å². The molecule has 0 spiro atoms. The molecule has 1 rings (SSSR count). The molecule has 136 valence electrons. The number of rotatable bonds is 8. The molecule has 0 radical (unpaired) electrons.